The van der Waals surface area contributed by atoms with Crippen LogP contribution < -0.4 is 4.74 Å². The standard InChI is InChI=1S/C17H20N2O2/c1-13-14(2)18-19(15(13)3)10-12-21-17-8-6-16(7-9-17)5-4-11-20/h6-9,20H,10-12H2,1-3H3. The van der Waals surface area contributed by atoms with Crippen molar-refractivity contribution in [3.05, 3.63) is 46.8 Å². The molecular formula is C17H20N2O2. The summed E-state index contributed by atoms with van der Waals surface area (Å²) < 4.78 is 7.69. The predicted octanol–water partition coefficient (Wildman–Crippen LogP) is 2.23. The lowest BCUT2D eigenvalue weighted by Gasteiger charge is -2.08. The number of ether oxygens (including phenoxy) is 1. The molecule has 4 heteroatoms. The Morgan fingerprint density at radius 3 is 2.48 bits per heavy atom. The van der Waals surface area contributed by atoms with E-state index in [1.54, 1.807) is 0 Å². The number of hydrogen-bond acceptors (Lipinski definition) is 3. The Bertz CT molecular complexity index is 661. The normalized spacial score (nSPS) is 10.1. The zero-order valence-electron chi connectivity index (χ0n) is 12.7. The second kappa shape index (κ2) is 6.96. The Morgan fingerprint density at radius 2 is 1.90 bits per heavy atom. The van der Waals surface area contributed by atoms with E-state index in [4.69, 9.17) is 9.84 Å². The topological polar surface area (TPSA) is 47.3 Å². The van der Waals surface area contributed by atoms with Gasteiger partial charge in [0, 0.05) is 11.3 Å². The second-order valence-electron chi connectivity index (χ2n) is 4.85. The Labute approximate surface area is 125 Å². The highest BCUT2D eigenvalue weighted by Gasteiger charge is 2.06. The average Bonchev–Trinajstić information content (AvgIpc) is 2.74. The summed E-state index contributed by atoms with van der Waals surface area (Å²) in [6.45, 7) is 7.35. The van der Waals surface area contributed by atoms with E-state index in [0.29, 0.717) is 6.61 Å². The molecule has 0 aliphatic heterocycles. The number of aliphatic hydroxyl groups is 1. The minimum Gasteiger partial charge on any atom is -0.492 e. The van der Waals surface area contributed by atoms with Crippen molar-refractivity contribution in [1.29, 1.82) is 0 Å². The minimum atomic E-state index is -0.125. The molecule has 2 aromatic rings. The molecule has 0 bridgehead atoms. The molecule has 1 N–H and O–H groups in total. The summed E-state index contributed by atoms with van der Waals surface area (Å²) in [6.07, 6.45) is 0. The van der Waals surface area contributed by atoms with Gasteiger partial charge >= 0.3 is 0 Å². The summed E-state index contributed by atoms with van der Waals surface area (Å²) in [4.78, 5) is 0. The summed E-state index contributed by atoms with van der Waals surface area (Å²) in [5, 5.41) is 13.1. The van der Waals surface area contributed by atoms with Crippen LogP contribution in [0.25, 0.3) is 0 Å². The van der Waals surface area contributed by atoms with Crippen LogP contribution in [0.5, 0.6) is 5.75 Å². The Hall–Kier alpha value is -2.25. The zero-order chi connectivity index (χ0) is 15.2. The van der Waals surface area contributed by atoms with Gasteiger partial charge in [0.1, 0.15) is 19.0 Å². The summed E-state index contributed by atoms with van der Waals surface area (Å²) >= 11 is 0. The fourth-order valence-electron chi connectivity index (χ4n) is 2.03. The van der Waals surface area contributed by atoms with Gasteiger partial charge in [-0.2, -0.15) is 5.10 Å². The van der Waals surface area contributed by atoms with Crippen LogP contribution in [0.3, 0.4) is 0 Å². The van der Waals surface area contributed by atoms with Gasteiger partial charge < -0.3 is 9.84 Å². The molecule has 110 valence electrons. The molecule has 0 amide bonds. The van der Waals surface area contributed by atoms with Crippen LogP contribution in [0.4, 0.5) is 0 Å². The Kier molecular flexibility index (Phi) is 5.02. The molecule has 1 heterocycles. The zero-order valence-corrected chi connectivity index (χ0v) is 12.7. The van der Waals surface area contributed by atoms with Crippen LogP contribution in [0.1, 0.15) is 22.5 Å². The third-order valence-corrected chi connectivity index (χ3v) is 3.48. The number of aryl methyl sites for hydroxylation is 1. The maximum atomic E-state index is 8.64. The van der Waals surface area contributed by atoms with E-state index < -0.39 is 0 Å². The molecule has 2 rings (SSSR count). The van der Waals surface area contributed by atoms with E-state index in [-0.39, 0.29) is 6.61 Å². The van der Waals surface area contributed by atoms with Crippen LogP contribution in [0, 0.1) is 32.6 Å². The highest BCUT2D eigenvalue weighted by Crippen LogP contribution is 2.13. The van der Waals surface area contributed by atoms with Gasteiger partial charge in [-0.25, -0.2) is 0 Å². The van der Waals surface area contributed by atoms with E-state index in [1.807, 2.05) is 35.9 Å². The van der Waals surface area contributed by atoms with Crippen LogP contribution in [-0.2, 0) is 6.54 Å². The van der Waals surface area contributed by atoms with Crippen LogP contribution in [0.15, 0.2) is 24.3 Å². The molecule has 0 spiro atoms. The first-order chi connectivity index (χ1) is 10.1. The van der Waals surface area contributed by atoms with Crippen molar-refractivity contribution in [3.8, 4) is 17.6 Å². The molecule has 0 saturated carbocycles. The van der Waals surface area contributed by atoms with Gasteiger partial charge in [-0.05, 0) is 50.6 Å². The Balaban J connectivity index is 1.90. The first-order valence-electron chi connectivity index (χ1n) is 6.95. The van der Waals surface area contributed by atoms with Gasteiger partial charge in [-0.3, -0.25) is 4.68 Å². The average molecular weight is 284 g/mol. The molecule has 1 aromatic heterocycles. The van der Waals surface area contributed by atoms with Crippen LogP contribution >= 0.6 is 0 Å². The first-order valence-corrected chi connectivity index (χ1v) is 6.95. The number of aromatic nitrogens is 2. The Morgan fingerprint density at radius 1 is 1.19 bits per heavy atom. The largest absolute Gasteiger partial charge is 0.492 e. The quantitative estimate of drug-likeness (QED) is 0.876. The van der Waals surface area contributed by atoms with Gasteiger partial charge in [0.25, 0.3) is 0 Å². The summed E-state index contributed by atoms with van der Waals surface area (Å²) in [7, 11) is 0. The highest BCUT2D eigenvalue weighted by molar-refractivity contribution is 5.38. The first kappa shape index (κ1) is 15.1. The lowest BCUT2D eigenvalue weighted by Crippen LogP contribution is -2.11. The molecule has 0 aliphatic rings. The maximum Gasteiger partial charge on any atom is 0.119 e. The van der Waals surface area contributed by atoms with Crippen molar-refractivity contribution in [2.24, 2.45) is 0 Å². The molecule has 0 radical (unpaired) electrons. The number of nitrogens with zero attached hydrogens (tertiary/aromatic N) is 2. The summed E-state index contributed by atoms with van der Waals surface area (Å²) in [5.74, 6) is 6.27. The molecule has 0 unspecified atom stereocenters. The monoisotopic (exact) mass is 284 g/mol. The van der Waals surface area contributed by atoms with Gasteiger partial charge in [0.15, 0.2) is 0 Å². The van der Waals surface area contributed by atoms with Gasteiger partial charge in [-0.15, -0.1) is 0 Å². The number of aliphatic hydroxyl groups excluding tert-OH is 1. The summed E-state index contributed by atoms with van der Waals surface area (Å²) in [5.41, 5.74) is 4.36. The molecule has 0 aliphatic carbocycles. The summed E-state index contributed by atoms with van der Waals surface area (Å²) in [6, 6.07) is 7.53. The lowest BCUT2D eigenvalue weighted by atomic mass is 10.2. The maximum absolute atomic E-state index is 8.64. The van der Waals surface area contributed by atoms with Crippen molar-refractivity contribution in [2.75, 3.05) is 13.2 Å². The van der Waals surface area contributed by atoms with Gasteiger partial charge in [0.2, 0.25) is 0 Å². The molecule has 0 saturated heterocycles. The fourth-order valence-corrected chi connectivity index (χ4v) is 2.03. The van der Waals surface area contributed by atoms with Crippen LogP contribution in [0.2, 0.25) is 0 Å². The third-order valence-electron chi connectivity index (χ3n) is 3.48. The van der Waals surface area contributed by atoms with Crippen molar-refractivity contribution in [3.63, 3.8) is 0 Å². The van der Waals surface area contributed by atoms with Crippen molar-refractivity contribution in [1.82, 2.24) is 9.78 Å². The molecule has 21 heavy (non-hydrogen) atoms. The number of benzene rings is 1. The van der Waals surface area contributed by atoms with Gasteiger partial charge in [0.05, 0.1) is 12.2 Å². The SMILES string of the molecule is Cc1nn(CCOc2ccc(C#CCO)cc2)c(C)c1C. The molecule has 0 fully saturated rings. The van der Waals surface area contributed by atoms with E-state index in [1.165, 1.54) is 11.3 Å². The molecule has 4 nitrogen and oxygen atoms in total. The van der Waals surface area contributed by atoms with Crippen molar-refractivity contribution < 1.29 is 9.84 Å². The lowest BCUT2D eigenvalue weighted by molar-refractivity contribution is 0.289. The van der Waals surface area contributed by atoms with E-state index in [9.17, 15) is 0 Å². The van der Waals surface area contributed by atoms with E-state index in [2.05, 4.69) is 30.8 Å². The second-order valence-corrected chi connectivity index (χ2v) is 4.85. The predicted molar refractivity (Wildman–Crippen MR) is 82.3 cm³/mol. The van der Waals surface area contributed by atoms with Gasteiger partial charge in [-0.1, -0.05) is 11.8 Å². The van der Waals surface area contributed by atoms with Crippen LogP contribution in [-0.4, -0.2) is 28.1 Å². The number of rotatable bonds is 4. The number of hydrogen-bond donors (Lipinski definition) is 1. The third kappa shape index (κ3) is 3.87. The van der Waals surface area contributed by atoms with Crippen molar-refractivity contribution in [2.45, 2.75) is 27.3 Å². The van der Waals surface area contributed by atoms with E-state index in [0.717, 1.165) is 23.6 Å². The van der Waals surface area contributed by atoms with E-state index >= 15 is 0 Å². The fraction of sp³-hybridized carbons (Fsp3) is 0.353. The minimum absolute atomic E-state index is 0.125. The smallest absolute Gasteiger partial charge is 0.119 e. The molecular weight excluding hydrogens is 264 g/mol. The van der Waals surface area contributed by atoms with Crippen molar-refractivity contribution >= 4 is 0 Å². The molecule has 0 atom stereocenters. The highest BCUT2D eigenvalue weighted by atomic mass is 16.5. The molecule has 1 aromatic carbocycles.